The van der Waals surface area contributed by atoms with Gasteiger partial charge < -0.3 is 19.5 Å². The average Bonchev–Trinajstić information content (AvgIpc) is 2.92. The van der Waals surface area contributed by atoms with E-state index >= 15 is 0 Å². The van der Waals surface area contributed by atoms with Gasteiger partial charge in [-0.1, -0.05) is 31.2 Å². The lowest BCUT2D eigenvalue weighted by Gasteiger charge is -2.44. The molecular weight excluding hydrogens is 530 g/mol. The number of rotatable bonds is 8. The number of nitrogens with zero attached hydrogens (tertiary/aromatic N) is 1. The van der Waals surface area contributed by atoms with E-state index in [9.17, 15) is 27.1 Å². The highest BCUT2D eigenvalue weighted by Gasteiger charge is 2.42. The van der Waals surface area contributed by atoms with E-state index in [2.05, 4.69) is 9.46 Å². The number of hydrogen-bond donors (Lipinski definition) is 2. The van der Waals surface area contributed by atoms with Crippen molar-refractivity contribution in [1.82, 2.24) is 4.72 Å². The number of halogens is 2. The van der Waals surface area contributed by atoms with Gasteiger partial charge in [0, 0.05) is 6.42 Å². The Morgan fingerprint density at radius 3 is 2.21 bits per heavy atom. The molecule has 3 aromatic rings. The fourth-order valence-corrected chi connectivity index (χ4v) is 6.31. The number of Topliss-reactive ketones (excluding diaryl/α,β-unsaturated/α-hetero) is 1. The molecule has 0 radical (unpaired) electrons. The largest absolute Gasteiger partial charge is 0.461 e. The second-order valence-corrected chi connectivity index (χ2v) is 11.2. The van der Waals surface area contributed by atoms with Crippen molar-refractivity contribution in [2.24, 2.45) is 0 Å². The molecule has 1 aliphatic heterocycles. The summed E-state index contributed by atoms with van der Waals surface area (Å²) in [6.45, 7) is 1.29. The van der Waals surface area contributed by atoms with Crippen molar-refractivity contribution in [2.45, 2.75) is 61.8 Å². The molecular formula is C28H28F2N2O6S. The maximum absolute atomic E-state index is 13.8. The van der Waals surface area contributed by atoms with Crippen LogP contribution in [-0.4, -0.2) is 43.6 Å². The summed E-state index contributed by atoms with van der Waals surface area (Å²) < 4.78 is 67.1. The number of hydrogen-bond acceptors (Lipinski definition) is 7. The fourth-order valence-electron chi connectivity index (χ4n) is 5.02. The van der Waals surface area contributed by atoms with E-state index in [0.29, 0.717) is 30.8 Å². The van der Waals surface area contributed by atoms with E-state index < -0.39 is 46.5 Å². The summed E-state index contributed by atoms with van der Waals surface area (Å²) in [5, 5.41) is 11.4. The van der Waals surface area contributed by atoms with Gasteiger partial charge in [-0.3, -0.25) is 4.79 Å². The molecule has 1 saturated carbocycles. The minimum atomic E-state index is -4.11. The topological polar surface area (TPSA) is 105 Å². The van der Waals surface area contributed by atoms with Gasteiger partial charge in [-0.15, -0.1) is 0 Å². The Balaban J connectivity index is 1.36. The highest BCUT2D eigenvalue weighted by atomic mass is 32.2. The lowest BCUT2D eigenvalue weighted by Crippen LogP contribution is -2.56. The minimum absolute atomic E-state index is 0.184. The zero-order chi connectivity index (χ0) is 27.8. The molecule has 0 bridgehead atoms. The minimum Gasteiger partial charge on any atom is -0.453 e. The molecule has 39 heavy (non-hydrogen) atoms. The van der Waals surface area contributed by atoms with E-state index in [1.807, 2.05) is 53.4 Å². The first-order valence-electron chi connectivity index (χ1n) is 12.7. The van der Waals surface area contributed by atoms with E-state index in [0.717, 1.165) is 35.6 Å². The number of alkyl halides is 2. The second-order valence-electron chi connectivity index (χ2n) is 9.49. The molecule has 206 valence electrons. The van der Waals surface area contributed by atoms with Crippen LogP contribution in [-0.2, 0) is 14.8 Å². The van der Waals surface area contributed by atoms with Gasteiger partial charge in [-0.05, 0) is 67.8 Å². The Morgan fingerprint density at radius 1 is 1.03 bits per heavy atom. The smallest absolute Gasteiger partial charge is 0.453 e. The predicted octanol–water partition coefficient (Wildman–Crippen LogP) is 5.14. The van der Waals surface area contributed by atoms with Crippen LogP contribution in [0.15, 0.2) is 77.7 Å². The monoisotopic (exact) mass is 558 g/mol. The molecule has 1 heterocycles. The summed E-state index contributed by atoms with van der Waals surface area (Å²) in [4.78, 5) is 13.2. The van der Waals surface area contributed by atoms with Crippen molar-refractivity contribution >= 4 is 27.2 Å². The van der Waals surface area contributed by atoms with Gasteiger partial charge in [0.2, 0.25) is 15.8 Å². The number of benzene rings is 3. The molecule has 2 N–H and O–H groups in total. The van der Waals surface area contributed by atoms with Gasteiger partial charge in [-0.25, -0.2) is 13.1 Å². The molecule has 11 heteroatoms. The predicted molar refractivity (Wildman–Crippen MR) is 140 cm³/mol. The van der Waals surface area contributed by atoms with E-state index in [1.165, 1.54) is 6.92 Å². The summed E-state index contributed by atoms with van der Waals surface area (Å²) in [5.41, 5.74) is 1.55. The molecule has 0 aromatic heterocycles. The lowest BCUT2D eigenvalue weighted by molar-refractivity contribution is -0.190. The van der Waals surface area contributed by atoms with Gasteiger partial charge in [-0.2, -0.15) is 8.78 Å². The van der Waals surface area contributed by atoms with Crippen molar-refractivity contribution in [2.75, 3.05) is 4.90 Å². The van der Waals surface area contributed by atoms with Gasteiger partial charge in [0.05, 0.1) is 34.5 Å². The molecule has 1 fully saturated rings. The standard InChI is InChI=1S/C28H28F2N2O6S/c1-2-26(33)28(29,30)38-18-14-16-19(17-15-18)39(35,36)31-20-8-7-11-23(27(20)34)32-21-9-3-5-12-24(21)37-25-13-6-4-10-22(25)32/h3-6,9-10,12-17,20,23,27,31,34H,2,7-8,11H2,1H3/t20-,23+,27+/m1/s1. The zero-order valence-electron chi connectivity index (χ0n) is 21.1. The van der Waals surface area contributed by atoms with Crippen molar-refractivity contribution < 1.29 is 36.6 Å². The SMILES string of the molecule is CCC(=O)C(F)(F)Oc1ccc(S(=O)(=O)N[C@@H]2CCC[C@H](N3c4ccccc4Oc4ccccc43)[C@H]2O)cc1. The highest BCUT2D eigenvalue weighted by molar-refractivity contribution is 7.89. The van der Waals surface area contributed by atoms with Crippen LogP contribution < -0.4 is 19.1 Å². The molecule has 8 nitrogen and oxygen atoms in total. The number of carbonyl (C=O) groups is 1. The third kappa shape index (κ3) is 5.34. The Morgan fingerprint density at radius 2 is 1.62 bits per heavy atom. The number of ketones is 1. The van der Waals surface area contributed by atoms with Crippen LogP contribution in [0.25, 0.3) is 0 Å². The van der Waals surface area contributed by atoms with Crippen LogP contribution in [0.2, 0.25) is 0 Å². The number of sulfonamides is 1. The van der Waals surface area contributed by atoms with Gasteiger partial charge >= 0.3 is 6.11 Å². The first-order valence-corrected chi connectivity index (χ1v) is 14.1. The molecule has 5 rings (SSSR count). The number of para-hydroxylation sites is 4. The Kier molecular flexibility index (Phi) is 7.32. The first kappa shape index (κ1) is 27.0. The third-order valence-corrected chi connectivity index (χ3v) is 8.46. The van der Waals surface area contributed by atoms with Crippen molar-refractivity contribution in [3.63, 3.8) is 0 Å². The molecule has 0 amide bonds. The Labute approximate surface area is 225 Å². The number of aliphatic hydroxyl groups excluding tert-OH is 1. The lowest BCUT2D eigenvalue weighted by atomic mass is 9.86. The highest BCUT2D eigenvalue weighted by Crippen LogP contribution is 2.49. The molecule has 0 unspecified atom stereocenters. The molecule has 2 aliphatic rings. The van der Waals surface area contributed by atoms with Crippen molar-refractivity contribution in [3.05, 3.63) is 72.8 Å². The maximum Gasteiger partial charge on any atom is 0.461 e. The molecule has 3 aromatic carbocycles. The number of ether oxygens (including phenoxy) is 2. The van der Waals surface area contributed by atoms with E-state index in [-0.39, 0.29) is 10.6 Å². The quantitative estimate of drug-likeness (QED) is 0.394. The molecule has 0 spiro atoms. The number of anilines is 2. The number of nitrogens with one attached hydrogen (secondary N) is 1. The van der Waals surface area contributed by atoms with E-state index in [1.54, 1.807) is 0 Å². The second kappa shape index (κ2) is 10.6. The summed E-state index contributed by atoms with van der Waals surface area (Å²) in [7, 11) is -4.11. The average molecular weight is 559 g/mol. The summed E-state index contributed by atoms with van der Waals surface area (Å²) >= 11 is 0. The molecule has 3 atom stereocenters. The number of aliphatic hydroxyl groups is 1. The number of fused-ring (bicyclic) bond motifs is 2. The molecule has 1 aliphatic carbocycles. The number of carbonyl (C=O) groups excluding carboxylic acids is 1. The third-order valence-electron chi connectivity index (χ3n) is 6.95. The summed E-state index contributed by atoms with van der Waals surface area (Å²) in [6, 6.07) is 18.1. The van der Waals surface area contributed by atoms with Crippen molar-refractivity contribution in [1.29, 1.82) is 0 Å². The van der Waals surface area contributed by atoms with Gasteiger partial charge in [0.15, 0.2) is 11.5 Å². The van der Waals surface area contributed by atoms with Crippen LogP contribution in [0.1, 0.15) is 32.6 Å². The first-order chi connectivity index (χ1) is 18.6. The van der Waals surface area contributed by atoms with Crippen molar-refractivity contribution in [3.8, 4) is 17.2 Å². The fraction of sp³-hybridized carbons (Fsp3) is 0.321. The van der Waals surface area contributed by atoms with Crippen LogP contribution in [0.5, 0.6) is 17.2 Å². The summed E-state index contributed by atoms with van der Waals surface area (Å²) in [5.74, 6) is -0.449. The van der Waals surface area contributed by atoms with Crippen LogP contribution in [0.4, 0.5) is 20.2 Å². The normalized spacial score (nSPS) is 20.9. The van der Waals surface area contributed by atoms with Crippen LogP contribution >= 0.6 is 0 Å². The Bertz CT molecular complexity index is 1420. The van der Waals surface area contributed by atoms with Gasteiger partial charge in [0.1, 0.15) is 5.75 Å². The maximum atomic E-state index is 13.8. The Hall–Kier alpha value is -3.54. The van der Waals surface area contributed by atoms with Crippen LogP contribution in [0, 0.1) is 0 Å². The van der Waals surface area contributed by atoms with E-state index in [4.69, 9.17) is 4.74 Å². The summed E-state index contributed by atoms with van der Waals surface area (Å²) in [6.07, 6.45) is -3.78. The zero-order valence-corrected chi connectivity index (χ0v) is 21.9. The van der Waals surface area contributed by atoms with Crippen LogP contribution in [0.3, 0.4) is 0 Å². The van der Waals surface area contributed by atoms with Gasteiger partial charge in [0.25, 0.3) is 0 Å². The molecule has 0 saturated heterocycles.